The third-order valence-corrected chi connectivity index (χ3v) is 4.39. The molecule has 2 heterocycles. The summed E-state index contributed by atoms with van der Waals surface area (Å²) in [6, 6.07) is 5.95. The summed E-state index contributed by atoms with van der Waals surface area (Å²) in [6.07, 6.45) is 1.57. The Morgan fingerprint density at radius 3 is 2.68 bits per heavy atom. The fraction of sp³-hybridized carbons (Fsp3) is 0.385. The zero-order valence-corrected chi connectivity index (χ0v) is 13.7. The maximum absolute atomic E-state index is 11.8. The van der Waals surface area contributed by atoms with Crippen molar-refractivity contribution in [3.8, 4) is 0 Å². The van der Waals surface area contributed by atoms with Crippen molar-refractivity contribution < 1.29 is 4.21 Å². The number of halogens is 1. The Hall–Kier alpha value is -1.01. The van der Waals surface area contributed by atoms with Crippen molar-refractivity contribution in [3.05, 3.63) is 34.1 Å². The van der Waals surface area contributed by atoms with E-state index in [9.17, 15) is 4.21 Å². The van der Waals surface area contributed by atoms with Gasteiger partial charge in [0.05, 0.1) is 16.5 Å². The van der Waals surface area contributed by atoms with Crippen LogP contribution in [0.25, 0.3) is 5.52 Å². The van der Waals surface area contributed by atoms with E-state index in [0.717, 1.165) is 15.7 Å². The highest BCUT2D eigenvalue weighted by atomic mass is 79.9. The molecule has 0 unspecified atom stereocenters. The summed E-state index contributed by atoms with van der Waals surface area (Å²) in [5.41, 5.74) is 2.83. The summed E-state index contributed by atoms with van der Waals surface area (Å²) in [7, 11) is -1.26. The largest absolute Gasteiger partial charge is 0.234 e. The molecule has 0 aromatic carbocycles. The van der Waals surface area contributed by atoms with Crippen LogP contribution in [0.5, 0.6) is 0 Å². The lowest BCUT2D eigenvalue weighted by molar-refractivity contribution is 0.651. The van der Waals surface area contributed by atoms with Crippen LogP contribution in [0.3, 0.4) is 0 Å². The summed E-state index contributed by atoms with van der Waals surface area (Å²) in [4.78, 5) is 0. The van der Waals surface area contributed by atoms with Crippen molar-refractivity contribution in [2.45, 2.75) is 32.4 Å². The molecule has 0 aliphatic carbocycles. The molecule has 2 rings (SSSR count). The molecule has 0 aliphatic heterocycles. The molecule has 19 heavy (non-hydrogen) atoms. The van der Waals surface area contributed by atoms with Crippen LogP contribution in [0.15, 0.2) is 27.2 Å². The Kier molecular flexibility index (Phi) is 3.92. The molecule has 0 bridgehead atoms. The summed E-state index contributed by atoms with van der Waals surface area (Å²) in [5, 5.41) is 4.39. The minimum Gasteiger partial charge on any atom is -0.234 e. The fourth-order valence-electron chi connectivity index (χ4n) is 1.54. The van der Waals surface area contributed by atoms with E-state index < -0.39 is 11.0 Å². The smallest absolute Gasteiger partial charge is 0.144 e. The lowest BCUT2D eigenvalue weighted by Crippen LogP contribution is -2.19. The monoisotopic (exact) mass is 341 g/mol. The molecule has 0 saturated heterocycles. The van der Waals surface area contributed by atoms with Gasteiger partial charge in [-0.3, -0.25) is 0 Å². The van der Waals surface area contributed by atoms with Crippen molar-refractivity contribution in [2.24, 2.45) is 4.40 Å². The molecule has 102 valence electrons. The van der Waals surface area contributed by atoms with Crippen LogP contribution in [0.2, 0.25) is 0 Å². The molecule has 0 fully saturated rings. The number of fused-ring (bicyclic) bond motifs is 1. The summed E-state index contributed by atoms with van der Waals surface area (Å²) in [6.45, 7) is 7.71. The predicted molar refractivity (Wildman–Crippen MR) is 83.1 cm³/mol. The maximum atomic E-state index is 11.8. The normalized spacial score (nSPS) is 14.4. The van der Waals surface area contributed by atoms with Crippen LogP contribution >= 0.6 is 15.9 Å². The second-order valence-electron chi connectivity index (χ2n) is 5.36. The second kappa shape index (κ2) is 5.17. The van der Waals surface area contributed by atoms with Gasteiger partial charge in [0.2, 0.25) is 0 Å². The molecule has 0 spiro atoms. The molecule has 2 aromatic rings. The molecule has 2 aromatic heterocycles. The summed E-state index contributed by atoms with van der Waals surface area (Å²) in [5.74, 6) is 0. The molecule has 1 atom stereocenters. The average Bonchev–Trinajstić information content (AvgIpc) is 2.67. The molecule has 4 nitrogen and oxygen atoms in total. The zero-order chi connectivity index (χ0) is 14.2. The van der Waals surface area contributed by atoms with Crippen LogP contribution in [-0.4, -0.2) is 24.8 Å². The third kappa shape index (κ3) is 3.30. The zero-order valence-electron chi connectivity index (χ0n) is 11.3. The van der Waals surface area contributed by atoms with E-state index in [1.807, 2.05) is 45.9 Å². The Morgan fingerprint density at radius 2 is 2.05 bits per heavy atom. The van der Waals surface area contributed by atoms with Crippen molar-refractivity contribution in [1.82, 2.24) is 9.61 Å². The van der Waals surface area contributed by atoms with Crippen LogP contribution in [0.4, 0.5) is 0 Å². The Morgan fingerprint density at radius 1 is 1.37 bits per heavy atom. The van der Waals surface area contributed by atoms with E-state index in [2.05, 4.69) is 25.4 Å². The highest BCUT2D eigenvalue weighted by Gasteiger charge is 2.18. The fourth-order valence-corrected chi connectivity index (χ4v) is 2.70. The average molecular weight is 342 g/mol. The van der Waals surface area contributed by atoms with E-state index in [0.29, 0.717) is 5.69 Å². The van der Waals surface area contributed by atoms with Gasteiger partial charge in [0.25, 0.3) is 0 Å². The number of hydrogen-bond acceptors (Lipinski definition) is 2. The van der Waals surface area contributed by atoms with Gasteiger partial charge in [0, 0.05) is 0 Å². The molecular weight excluding hydrogens is 326 g/mol. The maximum Gasteiger partial charge on any atom is 0.144 e. The minimum atomic E-state index is -1.26. The number of rotatable bonds is 2. The van der Waals surface area contributed by atoms with Crippen LogP contribution in [0.1, 0.15) is 32.0 Å². The van der Waals surface area contributed by atoms with Gasteiger partial charge in [-0.05, 0) is 67.4 Å². The van der Waals surface area contributed by atoms with Gasteiger partial charge < -0.3 is 0 Å². The van der Waals surface area contributed by atoms with Gasteiger partial charge in [-0.2, -0.15) is 9.50 Å². The molecule has 0 saturated carbocycles. The van der Waals surface area contributed by atoms with Gasteiger partial charge in [-0.15, -0.1) is 0 Å². The number of aromatic nitrogens is 2. The first-order valence-electron chi connectivity index (χ1n) is 5.89. The number of aryl methyl sites for hydroxylation is 1. The van der Waals surface area contributed by atoms with Crippen LogP contribution < -0.4 is 0 Å². The van der Waals surface area contributed by atoms with E-state index in [1.54, 1.807) is 10.7 Å². The van der Waals surface area contributed by atoms with E-state index in [-0.39, 0.29) is 4.75 Å². The van der Waals surface area contributed by atoms with Crippen LogP contribution in [-0.2, 0) is 11.0 Å². The Labute approximate surface area is 123 Å². The van der Waals surface area contributed by atoms with Gasteiger partial charge in [0.1, 0.15) is 21.3 Å². The number of nitrogens with zero attached hydrogens (tertiary/aromatic N) is 3. The van der Waals surface area contributed by atoms with Gasteiger partial charge in [-0.25, -0.2) is 8.72 Å². The first-order valence-corrected chi connectivity index (χ1v) is 7.79. The van der Waals surface area contributed by atoms with E-state index >= 15 is 0 Å². The highest BCUT2D eigenvalue weighted by molar-refractivity contribution is 9.10. The first kappa shape index (κ1) is 14.4. The lowest BCUT2D eigenvalue weighted by atomic mass is 10.3. The van der Waals surface area contributed by atoms with Crippen molar-refractivity contribution in [2.75, 3.05) is 0 Å². The van der Waals surface area contributed by atoms with Crippen molar-refractivity contribution in [1.29, 1.82) is 0 Å². The first-order chi connectivity index (χ1) is 8.77. The van der Waals surface area contributed by atoms with Gasteiger partial charge in [0.15, 0.2) is 0 Å². The van der Waals surface area contributed by atoms with Crippen molar-refractivity contribution >= 4 is 38.6 Å². The summed E-state index contributed by atoms with van der Waals surface area (Å²) < 4.78 is 18.2. The standard InChI is InChI=1S/C13H16BrN3OS/c1-9-5-11-7-10(16-17(11)12(14)6-9)8-15-19(18)13(2,3)4/h5-8H,1-4H3/t19-/m1/s1. The van der Waals surface area contributed by atoms with Crippen LogP contribution in [0, 0.1) is 6.92 Å². The molecule has 6 heteroatoms. The summed E-state index contributed by atoms with van der Waals surface area (Å²) >= 11 is 3.47. The molecular formula is C13H16BrN3OS. The van der Waals surface area contributed by atoms with Gasteiger partial charge in [-0.1, -0.05) is 0 Å². The highest BCUT2D eigenvalue weighted by Crippen LogP contribution is 2.17. The molecule has 0 amide bonds. The molecule has 0 N–H and O–H groups in total. The predicted octanol–water partition coefficient (Wildman–Crippen LogP) is 3.29. The van der Waals surface area contributed by atoms with Gasteiger partial charge >= 0.3 is 0 Å². The quantitative estimate of drug-likeness (QED) is 0.621. The molecule has 0 aliphatic rings. The van der Waals surface area contributed by atoms with E-state index in [1.165, 1.54) is 0 Å². The molecule has 0 radical (unpaired) electrons. The SMILES string of the molecule is Cc1cc(Br)n2nc(C=N[S@](=O)C(C)(C)C)cc2c1. The van der Waals surface area contributed by atoms with Crippen molar-refractivity contribution in [3.63, 3.8) is 0 Å². The second-order valence-corrected chi connectivity index (χ2v) is 8.10. The topological polar surface area (TPSA) is 46.7 Å². The Bertz CT molecular complexity index is 670. The number of pyridine rings is 1. The number of hydrogen-bond donors (Lipinski definition) is 0. The van der Waals surface area contributed by atoms with E-state index in [4.69, 9.17) is 0 Å². The lowest BCUT2D eigenvalue weighted by Gasteiger charge is -2.12. The third-order valence-electron chi connectivity index (χ3n) is 2.49. The Balaban J connectivity index is 2.35. The minimum absolute atomic E-state index is 0.354.